The second-order valence-corrected chi connectivity index (χ2v) is 6.41. The van der Waals surface area contributed by atoms with Gasteiger partial charge in [0.2, 0.25) is 5.91 Å². The summed E-state index contributed by atoms with van der Waals surface area (Å²) in [5.74, 6) is 1.15. The van der Waals surface area contributed by atoms with Gasteiger partial charge in [-0.2, -0.15) is 0 Å². The van der Waals surface area contributed by atoms with Gasteiger partial charge in [0.25, 0.3) is 0 Å². The zero-order valence-corrected chi connectivity index (χ0v) is 12.4. The summed E-state index contributed by atoms with van der Waals surface area (Å²) in [5, 5.41) is 3.51. The first-order valence-electron chi connectivity index (χ1n) is 7.84. The molecule has 1 aliphatic carbocycles. The molecule has 3 nitrogen and oxygen atoms in total. The molecule has 0 aromatic carbocycles. The molecule has 0 saturated carbocycles. The molecule has 1 N–H and O–H groups in total. The molecule has 19 heavy (non-hydrogen) atoms. The summed E-state index contributed by atoms with van der Waals surface area (Å²) in [7, 11) is 0. The molecule has 1 fully saturated rings. The van der Waals surface area contributed by atoms with Gasteiger partial charge in [-0.1, -0.05) is 26.0 Å². The van der Waals surface area contributed by atoms with Crippen molar-refractivity contribution in [1.82, 2.24) is 10.2 Å². The minimum atomic E-state index is 0.227. The zero-order valence-electron chi connectivity index (χ0n) is 12.4. The van der Waals surface area contributed by atoms with Crippen molar-refractivity contribution >= 4 is 5.91 Å². The van der Waals surface area contributed by atoms with E-state index in [9.17, 15) is 4.79 Å². The lowest BCUT2D eigenvalue weighted by Gasteiger charge is -2.31. The third-order valence-electron chi connectivity index (χ3n) is 4.12. The van der Waals surface area contributed by atoms with Crippen molar-refractivity contribution in [3.63, 3.8) is 0 Å². The Morgan fingerprint density at radius 1 is 1.37 bits per heavy atom. The summed E-state index contributed by atoms with van der Waals surface area (Å²) in [6, 6.07) is 0.516. The average Bonchev–Trinajstić information content (AvgIpc) is 2.90. The van der Waals surface area contributed by atoms with Gasteiger partial charge in [0.1, 0.15) is 0 Å². The minimum absolute atomic E-state index is 0.227. The van der Waals surface area contributed by atoms with E-state index in [2.05, 4.69) is 36.2 Å². The Morgan fingerprint density at radius 2 is 2.21 bits per heavy atom. The Bertz CT molecular complexity index is 319. The number of nitrogens with one attached hydrogen (secondary N) is 1. The number of rotatable bonds is 5. The van der Waals surface area contributed by atoms with Gasteiger partial charge in [-0.05, 0) is 44.6 Å². The first-order valence-corrected chi connectivity index (χ1v) is 7.84. The first-order chi connectivity index (χ1) is 9.16. The summed E-state index contributed by atoms with van der Waals surface area (Å²) in [6.07, 6.45) is 9.87. The number of carbonyl (C=O) groups excluding carboxylic acids is 1. The van der Waals surface area contributed by atoms with E-state index in [1.165, 1.54) is 12.8 Å². The van der Waals surface area contributed by atoms with Gasteiger partial charge in [0, 0.05) is 25.0 Å². The Kier molecular flexibility index (Phi) is 5.44. The summed E-state index contributed by atoms with van der Waals surface area (Å²) in [4.78, 5) is 14.8. The maximum Gasteiger partial charge on any atom is 0.226 e. The van der Waals surface area contributed by atoms with Gasteiger partial charge in [0.15, 0.2) is 0 Å². The van der Waals surface area contributed by atoms with Crippen molar-refractivity contribution in [2.75, 3.05) is 19.6 Å². The number of allylic oxidation sites excluding steroid dienone is 2. The molecule has 2 unspecified atom stereocenters. The average molecular weight is 264 g/mol. The van der Waals surface area contributed by atoms with E-state index in [0.29, 0.717) is 17.9 Å². The maximum absolute atomic E-state index is 12.7. The highest BCUT2D eigenvalue weighted by atomic mass is 16.2. The van der Waals surface area contributed by atoms with Crippen molar-refractivity contribution < 1.29 is 4.79 Å². The van der Waals surface area contributed by atoms with Crippen LogP contribution in [0.15, 0.2) is 12.2 Å². The molecule has 0 bridgehead atoms. The molecule has 108 valence electrons. The van der Waals surface area contributed by atoms with Crippen molar-refractivity contribution in [1.29, 1.82) is 0 Å². The monoisotopic (exact) mass is 264 g/mol. The van der Waals surface area contributed by atoms with E-state index in [-0.39, 0.29) is 5.92 Å². The third-order valence-corrected chi connectivity index (χ3v) is 4.12. The van der Waals surface area contributed by atoms with E-state index in [0.717, 1.165) is 38.9 Å². The van der Waals surface area contributed by atoms with Crippen LogP contribution >= 0.6 is 0 Å². The van der Waals surface area contributed by atoms with E-state index < -0.39 is 0 Å². The van der Waals surface area contributed by atoms with Crippen LogP contribution < -0.4 is 5.32 Å². The van der Waals surface area contributed by atoms with Crippen molar-refractivity contribution in [2.45, 2.75) is 52.0 Å². The molecule has 2 aliphatic rings. The number of amides is 1. The lowest BCUT2D eigenvalue weighted by atomic mass is 9.92. The van der Waals surface area contributed by atoms with E-state index in [1.807, 2.05) is 0 Å². The van der Waals surface area contributed by atoms with Gasteiger partial charge >= 0.3 is 0 Å². The standard InChI is InChI=1S/C16H28N2O/c1-13(2)11-18(12-15-9-6-10-17-15)16(19)14-7-4-3-5-8-14/h3-4,13-15,17H,5-12H2,1-2H3. The van der Waals surface area contributed by atoms with Crippen LogP contribution in [-0.4, -0.2) is 36.5 Å². The van der Waals surface area contributed by atoms with Crippen LogP contribution in [0.2, 0.25) is 0 Å². The Hall–Kier alpha value is -0.830. The molecule has 2 rings (SSSR count). The largest absolute Gasteiger partial charge is 0.341 e. The molecule has 2 atom stereocenters. The highest BCUT2D eigenvalue weighted by molar-refractivity contribution is 5.79. The quantitative estimate of drug-likeness (QED) is 0.774. The summed E-state index contributed by atoms with van der Waals surface area (Å²) in [6.45, 7) is 7.31. The predicted octanol–water partition coefficient (Wildman–Crippen LogP) is 2.58. The Balaban J connectivity index is 1.94. The lowest BCUT2D eigenvalue weighted by molar-refractivity contribution is -0.136. The molecular weight excluding hydrogens is 236 g/mol. The normalized spacial score (nSPS) is 26.9. The molecule has 0 spiro atoms. The molecule has 1 amide bonds. The van der Waals surface area contributed by atoms with Crippen LogP contribution in [0.25, 0.3) is 0 Å². The van der Waals surface area contributed by atoms with E-state index in [4.69, 9.17) is 0 Å². The fourth-order valence-electron chi connectivity index (χ4n) is 3.15. The Labute approximate surface area is 117 Å². The van der Waals surface area contributed by atoms with Crippen molar-refractivity contribution in [2.24, 2.45) is 11.8 Å². The van der Waals surface area contributed by atoms with E-state index >= 15 is 0 Å². The topological polar surface area (TPSA) is 32.3 Å². The number of hydrogen-bond donors (Lipinski definition) is 1. The van der Waals surface area contributed by atoms with Gasteiger partial charge in [-0.15, -0.1) is 0 Å². The second kappa shape index (κ2) is 7.09. The molecule has 1 saturated heterocycles. The van der Waals surface area contributed by atoms with Crippen LogP contribution in [0.1, 0.15) is 46.0 Å². The Morgan fingerprint density at radius 3 is 2.79 bits per heavy atom. The number of carbonyl (C=O) groups is 1. The third kappa shape index (κ3) is 4.34. The smallest absolute Gasteiger partial charge is 0.226 e. The van der Waals surface area contributed by atoms with Gasteiger partial charge in [-0.3, -0.25) is 4.79 Å². The highest BCUT2D eigenvalue weighted by Gasteiger charge is 2.27. The molecule has 1 heterocycles. The lowest BCUT2D eigenvalue weighted by Crippen LogP contribution is -2.45. The van der Waals surface area contributed by atoms with Gasteiger partial charge in [0.05, 0.1) is 0 Å². The van der Waals surface area contributed by atoms with E-state index in [1.54, 1.807) is 0 Å². The first kappa shape index (κ1) is 14.6. The number of nitrogens with zero attached hydrogens (tertiary/aromatic N) is 1. The SMILES string of the molecule is CC(C)CN(CC1CCCN1)C(=O)C1CC=CCC1. The summed E-state index contributed by atoms with van der Waals surface area (Å²) in [5.41, 5.74) is 0. The molecule has 1 aliphatic heterocycles. The molecule has 0 aromatic rings. The zero-order chi connectivity index (χ0) is 13.7. The molecule has 0 radical (unpaired) electrons. The van der Waals surface area contributed by atoms with Crippen LogP contribution in [0.4, 0.5) is 0 Å². The number of hydrogen-bond acceptors (Lipinski definition) is 2. The van der Waals surface area contributed by atoms with Crippen molar-refractivity contribution in [3.05, 3.63) is 12.2 Å². The molecule has 3 heteroatoms. The summed E-state index contributed by atoms with van der Waals surface area (Å²) < 4.78 is 0. The fourth-order valence-corrected chi connectivity index (χ4v) is 3.15. The maximum atomic E-state index is 12.7. The molecule has 0 aromatic heterocycles. The summed E-state index contributed by atoms with van der Waals surface area (Å²) >= 11 is 0. The van der Waals surface area contributed by atoms with Crippen LogP contribution in [0.3, 0.4) is 0 Å². The predicted molar refractivity (Wildman–Crippen MR) is 78.9 cm³/mol. The van der Waals surface area contributed by atoms with Gasteiger partial charge < -0.3 is 10.2 Å². The van der Waals surface area contributed by atoms with Gasteiger partial charge in [-0.25, -0.2) is 0 Å². The van der Waals surface area contributed by atoms with Crippen LogP contribution in [0.5, 0.6) is 0 Å². The second-order valence-electron chi connectivity index (χ2n) is 6.41. The molecular formula is C16H28N2O. The minimum Gasteiger partial charge on any atom is -0.341 e. The van der Waals surface area contributed by atoms with Crippen LogP contribution in [-0.2, 0) is 4.79 Å². The van der Waals surface area contributed by atoms with Crippen LogP contribution in [0, 0.1) is 11.8 Å². The van der Waals surface area contributed by atoms with Crippen molar-refractivity contribution in [3.8, 4) is 0 Å². The fraction of sp³-hybridized carbons (Fsp3) is 0.812. The highest BCUT2D eigenvalue weighted by Crippen LogP contribution is 2.22.